The molecule has 5 nitrogen and oxygen atoms in total. The van der Waals surface area contributed by atoms with Gasteiger partial charge in [-0.25, -0.2) is 0 Å². The van der Waals surface area contributed by atoms with Gasteiger partial charge in [0.25, 0.3) is 5.91 Å². The third-order valence-electron chi connectivity index (χ3n) is 5.39. The largest absolute Gasteiger partial charge is 0.474 e. The Labute approximate surface area is 129 Å². The molecule has 0 unspecified atom stereocenters. The van der Waals surface area contributed by atoms with Crippen molar-refractivity contribution in [3.8, 4) is 5.88 Å². The van der Waals surface area contributed by atoms with Crippen molar-refractivity contribution in [1.82, 2.24) is 9.55 Å². The summed E-state index contributed by atoms with van der Waals surface area (Å²) in [6.45, 7) is 2.00. The summed E-state index contributed by atoms with van der Waals surface area (Å²) in [6.07, 6.45) is 8.31. The average Bonchev–Trinajstić information content (AvgIpc) is 2.65. The fourth-order valence-corrected chi connectivity index (χ4v) is 3.97. The van der Waals surface area contributed by atoms with Gasteiger partial charge < -0.3 is 15.0 Å². The highest BCUT2D eigenvalue weighted by molar-refractivity contribution is 5.99. The first-order valence-electron chi connectivity index (χ1n) is 7.91. The van der Waals surface area contributed by atoms with Crippen LogP contribution >= 0.6 is 0 Å². The molecule has 116 valence electrons. The third-order valence-corrected chi connectivity index (χ3v) is 5.39. The van der Waals surface area contributed by atoms with Gasteiger partial charge in [0.2, 0.25) is 5.88 Å². The second kappa shape index (κ2) is 4.48. The van der Waals surface area contributed by atoms with Crippen LogP contribution < -0.4 is 10.5 Å². The SMILES string of the molecule is Cc1cn(C)c2nc(OC3CC4(CCC4)C3)c(C(N)=O)cc12. The zero-order chi connectivity index (χ0) is 15.5. The van der Waals surface area contributed by atoms with E-state index in [0.717, 1.165) is 29.4 Å². The van der Waals surface area contributed by atoms with Crippen molar-refractivity contribution >= 4 is 16.9 Å². The van der Waals surface area contributed by atoms with Gasteiger partial charge in [0, 0.05) is 18.6 Å². The number of fused-ring (bicyclic) bond motifs is 1. The fraction of sp³-hybridized carbons (Fsp3) is 0.529. The first kappa shape index (κ1) is 13.6. The molecule has 2 saturated carbocycles. The molecule has 2 aromatic heterocycles. The standard InChI is InChI=1S/C17H21N3O2/c1-10-9-20(2)15-12(10)6-13(14(18)21)16(19-15)22-11-7-17(8-11)4-3-5-17/h6,9,11H,3-5,7-8H2,1-2H3,(H2,18,21). The molecular weight excluding hydrogens is 278 g/mol. The number of carbonyl (C=O) groups excluding carboxylic acids is 1. The Morgan fingerprint density at radius 2 is 2.18 bits per heavy atom. The lowest BCUT2D eigenvalue weighted by molar-refractivity contribution is -0.0697. The molecule has 2 N–H and O–H groups in total. The summed E-state index contributed by atoms with van der Waals surface area (Å²) in [5.74, 6) is -0.0919. The Bertz CT molecular complexity index is 766. The van der Waals surface area contributed by atoms with Gasteiger partial charge in [-0.1, -0.05) is 6.42 Å². The number of amides is 1. The molecular formula is C17H21N3O2. The first-order chi connectivity index (χ1) is 10.5. The lowest BCUT2D eigenvalue weighted by Gasteiger charge is -2.53. The monoisotopic (exact) mass is 299 g/mol. The van der Waals surface area contributed by atoms with Crippen LogP contribution in [-0.2, 0) is 7.05 Å². The summed E-state index contributed by atoms with van der Waals surface area (Å²) in [6, 6.07) is 1.81. The van der Waals surface area contributed by atoms with Gasteiger partial charge in [-0.3, -0.25) is 4.79 Å². The van der Waals surface area contributed by atoms with Crippen molar-refractivity contribution in [2.75, 3.05) is 0 Å². The lowest BCUT2D eigenvalue weighted by Crippen LogP contribution is -2.48. The van der Waals surface area contributed by atoms with Crippen LogP contribution in [0.15, 0.2) is 12.3 Å². The van der Waals surface area contributed by atoms with Crippen LogP contribution in [0, 0.1) is 12.3 Å². The van der Waals surface area contributed by atoms with E-state index in [1.165, 1.54) is 19.3 Å². The van der Waals surface area contributed by atoms with E-state index in [2.05, 4.69) is 4.98 Å². The van der Waals surface area contributed by atoms with E-state index in [1.807, 2.05) is 30.8 Å². The normalized spacial score (nSPS) is 19.9. The van der Waals surface area contributed by atoms with Crippen LogP contribution in [0.1, 0.15) is 48.0 Å². The van der Waals surface area contributed by atoms with Crippen LogP contribution in [-0.4, -0.2) is 21.6 Å². The van der Waals surface area contributed by atoms with Gasteiger partial charge in [0.15, 0.2) is 0 Å². The van der Waals surface area contributed by atoms with Crippen molar-refractivity contribution in [3.05, 3.63) is 23.4 Å². The van der Waals surface area contributed by atoms with Gasteiger partial charge in [0.05, 0.1) is 0 Å². The summed E-state index contributed by atoms with van der Waals surface area (Å²) in [5.41, 5.74) is 8.35. The lowest BCUT2D eigenvalue weighted by atomic mass is 9.55. The maximum atomic E-state index is 11.8. The molecule has 0 saturated heterocycles. The van der Waals surface area contributed by atoms with Crippen molar-refractivity contribution < 1.29 is 9.53 Å². The van der Waals surface area contributed by atoms with Gasteiger partial charge in [0.1, 0.15) is 17.3 Å². The molecule has 22 heavy (non-hydrogen) atoms. The summed E-state index contributed by atoms with van der Waals surface area (Å²) < 4.78 is 7.98. The molecule has 1 spiro atoms. The molecule has 0 radical (unpaired) electrons. The predicted octanol–water partition coefficient (Wildman–Crippen LogP) is 2.69. The van der Waals surface area contributed by atoms with Crippen molar-refractivity contribution in [1.29, 1.82) is 0 Å². The molecule has 0 aliphatic heterocycles. The number of carbonyl (C=O) groups is 1. The number of nitrogens with two attached hydrogens (primary N) is 1. The van der Waals surface area contributed by atoms with Crippen LogP contribution in [0.5, 0.6) is 5.88 Å². The van der Waals surface area contributed by atoms with E-state index in [9.17, 15) is 4.79 Å². The minimum absolute atomic E-state index is 0.171. The van der Waals surface area contributed by atoms with E-state index in [-0.39, 0.29) is 6.10 Å². The minimum Gasteiger partial charge on any atom is -0.474 e. The molecule has 0 atom stereocenters. The molecule has 0 bridgehead atoms. The Morgan fingerprint density at radius 3 is 2.77 bits per heavy atom. The average molecular weight is 299 g/mol. The Hall–Kier alpha value is -2.04. The zero-order valence-electron chi connectivity index (χ0n) is 13.1. The summed E-state index contributed by atoms with van der Waals surface area (Å²) >= 11 is 0. The number of nitrogens with zero attached hydrogens (tertiary/aromatic N) is 2. The van der Waals surface area contributed by atoms with Gasteiger partial charge in [-0.05, 0) is 49.7 Å². The molecule has 2 aliphatic carbocycles. The second-order valence-corrected chi connectivity index (χ2v) is 7.00. The van der Waals surface area contributed by atoms with Gasteiger partial charge in [-0.2, -0.15) is 4.98 Å². The highest BCUT2D eigenvalue weighted by Gasteiger charge is 2.49. The van der Waals surface area contributed by atoms with Crippen LogP contribution in [0.2, 0.25) is 0 Å². The smallest absolute Gasteiger partial charge is 0.254 e. The second-order valence-electron chi connectivity index (χ2n) is 7.00. The summed E-state index contributed by atoms with van der Waals surface area (Å²) in [4.78, 5) is 16.3. The molecule has 2 fully saturated rings. The number of aryl methyl sites for hydroxylation is 2. The Morgan fingerprint density at radius 1 is 1.45 bits per heavy atom. The number of hydrogen-bond acceptors (Lipinski definition) is 3. The molecule has 1 amide bonds. The van der Waals surface area contributed by atoms with Crippen molar-refractivity contribution in [2.45, 2.75) is 45.1 Å². The zero-order valence-corrected chi connectivity index (χ0v) is 13.1. The molecule has 2 heterocycles. The number of pyridine rings is 1. The highest BCUT2D eigenvalue weighted by atomic mass is 16.5. The Kier molecular flexibility index (Phi) is 2.77. The Balaban J connectivity index is 1.67. The number of hydrogen-bond donors (Lipinski definition) is 1. The number of primary amides is 1. The molecule has 2 aliphatic rings. The third kappa shape index (κ3) is 1.91. The maximum Gasteiger partial charge on any atom is 0.254 e. The molecule has 5 heteroatoms. The molecule has 4 rings (SSSR count). The van der Waals surface area contributed by atoms with Crippen LogP contribution in [0.25, 0.3) is 11.0 Å². The fourth-order valence-electron chi connectivity index (χ4n) is 3.97. The minimum atomic E-state index is -0.481. The van der Waals surface area contributed by atoms with Gasteiger partial charge in [-0.15, -0.1) is 0 Å². The quantitative estimate of drug-likeness (QED) is 0.947. The van der Waals surface area contributed by atoms with Crippen molar-refractivity contribution in [3.63, 3.8) is 0 Å². The van der Waals surface area contributed by atoms with E-state index in [0.29, 0.717) is 16.9 Å². The number of aromatic nitrogens is 2. The van der Waals surface area contributed by atoms with Gasteiger partial charge >= 0.3 is 0 Å². The topological polar surface area (TPSA) is 70.1 Å². The summed E-state index contributed by atoms with van der Waals surface area (Å²) in [7, 11) is 1.95. The molecule has 0 aromatic carbocycles. The number of ether oxygens (including phenoxy) is 1. The predicted molar refractivity (Wildman–Crippen MR) is 83.9 cm³/mol. The molecule has 2 aromatic rings. The highest BCUT2D eigenvalue weighted by Crippen LogP contribution is 2.56. The summed E-state index contributed by atoms with van der Waals surface area (Å²) in [5, 5.41) is 0.952. The van der Waals surface area contributed by atoms with Crippen LogP contribution in [0.3, 0.4) is 0 Å². The van der Waals surface area contributed by atoms with Crippen molar-refractivity contribution in [2.24, 2.45) is 18.2 Å². The van der Waals surface area contributed by atoms with Crippen LogP contribution in [0.4, 0.5) is 0 Å². The van der Waals surface area contributed by atoms with E-state index < -0.39 is 5.91 Å². The van der Waals surface area contributed by atoms with E-state index >= 15 is 0 Å². The number of rotatable bonds is 3. The van der Waals surface area contributed by atoms with E-state index in [1.54, 1.807) is 0 Å². The first-order valence-corrected chi connectivity index (χ1v) is 7.91. The van der Waals surface area contributed by atoms with E-state index in [4.69, 9.17) is 10.5 Å². The maximum absolute atomic E-state index is 11.8.